The van der Waals surface area contributed by atoms with E-state index >= 15 is 0 Å². The summed E-state index contributed by atoms with van der Waals surface area (Å²) >= 11 is 8.50. The van der Waals surface area contributed by atoms with Crippen LogP contribution < -0.4 is 5.73 Å². The van der Waals surface area contributed by atoms with Crippen molar-refractivity contribution in [1.82, 2.24) is 4.90 Å². The first-order valence-electron chi connectivity index (χ1n) is 6.26. The molecule has 3 aliphatic heterocycles. The number of carbonyl (C=O) groups is 3. The Labute approximate surface area is 138 Å². The molecule has 0 saturated carbocycles. The van der Waals surface area contributed by atoms with E-state index in [0.29, 0.717) is 22.0 Å². The van der Waals surface area contributed by atoms with Crippen LogP contribution >= 0.6 is 35.1 Å². The average molecular weight is 363 g/mol. The van der Waals surface area contributed by atoms with Gasteiger partial charge in [0.05, 0.1) is 0 Å². The molecule has 0 unspecified atom stereocenters. The van der Waals surface area contributed by atoms with E-state index in [0.717, 1.165) is 0 Å². The minimum atomic E-state index is -1.15. The number of carboxylic acid groups (broad SMARTS) is 1. The molecule has 0 spiro atoms. The molecule has 3 aliphatic rings. The van der Waals surface area contributed by atoms with Crippen LogP contribution in [0.5, 0.6) is 0 Å². The number of nitrogens with zero attached hydrogens (tertiary/aromatic N) is 1. The van der Waals surface area contributed by atoms with Crippen LogP contribution in [0.2, 0.25) is 0 Å². The zero-order valence-electron chi connectivity index (χ0n) is 11.1. The van der Waals surface area contributed by atoms with Gasteiger partial charge in [-0.2, -0.15) is 0 Å². The standard InChI is InChI=1S/C12H11ClN2O5S2/c13-6-5(1-20-12(6)19)21-2-4-3-22-10-7(14)9(16)15(10)8(4)11(17)18/h7,10H,1-3,14H2,(H,17,18)/t7-,10+/m1/s1. The van der Waals surface area contributed by atoms with Gasteiger partial charge in [-0.05, 0) is 5.57 Å². The Morgan fingerprint density at radius 3 is 2.86 bits per heavy atom. The van der Waals surface area contributed by atoms with Crippen LogP contribution in [0.3, 0.4) is 0 Å². The van der Waals surface area contributed by atoms with Gasteiger partial charge in [-0.25, -0.2) is 9.59 Å². The molecular formula is C12H11ClN2O5S2. The molecule has 10 heteroatoms. The highest BCUT2D eigenvalue weighted by molar-refractivity contribution is 8.03. The van der Waals surface area contributed by atoms with E-state index in [4.69, 9.17) is 22.1 Å². The molecule has 0 radical (unpaired) electrons. The van der Waals surface area contributed by atoms with Gasteiger partial charge in [-0.1, -0.05) is 11.6 Å². The van der Waals surface area contributed by atoms with Gasteiger partial charge in [-0.3, -0.25) is 9.69 Å². The number of carbonyl (C=O) groups excluding carboxylic acids is 2. The normalized spacial score (nSPS) is 27.8. The zero-order chi connectivity index (χ0) is 16.0. The average Bonchev–Trinajstić information content (AvgIpc) is 2.82. The maximum atomic E-state index is 11.8. The van der Waals surface area contributed by atoms with E-state index in [1.165, 1.54) is 28.4 Å². The van der Waals surface area contributed by atoms with E-state index < -0.39 is 18.0 Å². The molecule has 3 N–H and O–H groups in total. The Morgan fingerprint density at radius 1 is 1.55 bits per heavy atom. The summed E-state index contributed by atoms with van der Waals surface area (Å²) in [6.45, 7) is 0.0985. The first kappa shape index (κ1) is 15.7. The molecule has 0 aromatic rings. The number of esters is 1. The van der Waals surface area contributed by atoms with Crippen molar-refractivity contribution < 1.29 is 24.2 Å². The summed E-state index contributed by atoms with van der Waals surface area (Å²) in [5.74, 6) is -1.31. The van der Waals surface area contributed by atoms with E-state index in [9.17, 15) is 19.5 Å². The van der Waals surface area contributed by atoms with Crippen molar-refractivity contribution in [2.75, 3.05) is 18.1 Å². The van der Waals surface area contributed by atoms with Crippen molar-refractivity contribution in [2.24, 2.45) is 5.73 Å². The summed E-state index contributed by atoms with van der Waals surface area (Å²) < 4.78 is 4.79. The molecule has 3 heterocycles. The molecule has 0 aromatic carbocycles. The molecule has 0 bridgehead atoms. The fourth-order valence-electron chi connectivity index (χ4n) is 2.34. The lowest BCUT2D eigenvalue weighted by atomic mass is 10.0. The number of nitrogens with two attached hydrogens (primary N) is 1. The van der Waals surface area contributed by atoms with E-state index in [2.05, 4.69) is 0 Å². The number of thioether (sulfide) groups is 2. The van der Waals surface area contributed by atoms with Crippen molar-refractivity contribution in [2.45, 2.75) is 11.4 Å². The third-order valence-corrected chi connectivity index (χ3v) is 6.49. The first-order valence-corrected chi connectivity index (χ1v) is 8.67. The van der Waals surface area contributed by atoms with Gasteiger partial charge in [0.1, 0.15) is 28.8 Å². The maximum absolute atomic E-state index is 11.8. The lowest BCUT2D eigenvalue weighted by molar-refractivity contribution is -0.147. The van der Waals surface area contributed by atoms with Gasteiger partial charge in [0.2, 0.25) is 5.91 Å². The highest BCUT2D eigenvalue weighted by Gasteiger charge is 2.51. The van der Waals surface area contributed by atoms with E-state index in [-0.39, 0.29) is 28.6 Å². The number of β-lactam (4-membered cyclic amide) rings is 1. The lowest BCUT2D eigenvalue weighted by Gasteiger charge is -2.48. The Bertz CT molecular complexity index is 647. The van der Waals surface area contributed by atoms with Gasteiger partial charge < -0.3 is 15.6 Å². The fourth-order valence-corrected chi connectivity index (χ4v) is 4.98. The summed E-state index contributed by atoms with van der Waals surface area (Å²) in [7, 11) is 0. The molecule has 1 saturated heterocycles. The third kappa shape index (κ3) is 2.41. The zero-order valence-corrected chi connectivity index (χ0v) is 13.5. The highest BCUT2D eigenvalue weighted by atomic mass is 35.5. The predicted octanol–water partition coefficient (Wildman–Crippen LogP) is 0.308. The van der Waals surface area contributed by atoms with Crippen LogP contribution in [0, 0.1) is 0 Å². The minimum absolute atomic E-state index is 0.00934. The lowest BCUT2D eigenvalue weighted by Crippen LogP contribution is -2.68. The molecule has 1 fully saturated rings. The monoisotopic (exact) mass is 362 g/mol. The summed E-state index contributed by atoms with van der Waals surface area (Å²) in [4.78, 5) is 36.3. The number of aliphatic carboxylic acids is 1. The van der Waals surface area contributed by atoms with Gasteiger partial charge in [0.15, 0.2) is 0 Å². The molecule has 22 heavy (non-hydrogen) atoms. The molecule has 2 atom stereocenters. The minimum Gasteiger partial charge on any atom is -0.477 e. The Morgan fingerprint density at radius 2 is 2.27 bits per heavy atom. The molecule has 1 amide bonds. The summed E-state index contributed by atoms with van der Waals surface area (Å²) in [6.07, 6.45) is 0. The Balaban J connectivity index is 1.80. The molecule has 0 aliphatic carbocycles. The van der Waals surface area contributed by atoms with Crippen LogP contribution in [-0.2, 0) is 19.1 Å². The molecule has 3 rings (SSSR count). The number of amides is 1. The molecule has 0 aromatic heterocycles. The fraction of sp³-hybridized carbons (Fsp3) is 0.417. The van der Waals surface area contributed by atoms with Gasteiger partial charge in [0, 0.05) is 16.4 Å². The topological polar surface area (TPSA) is 110 Å². The second kappa shape index (κ2) is 5.80. The second-order valence-corrected chi connectivity index (χ2v) is 7.35. The van der Waals surface area contributed by atoms with E-state index in [1.807, 2.05) is 0 Å². The molecular weight excluding hydrogens is 352 g/mol. The van der Waals surface area contributed by atoms with Crippen molar-refractivity contribution in [1.29, 1.82) is 0 Å². The molecule has 118 valence electrons. The highest BCUT2D eigenvalue weighted by Crippen LogP contribution is 2.41. The van der Waals surface area contributed by atoms with Crippen LogP contribution in [0.25, 0.3) is 0 Å². The number of cyclic esters (lactones) is 1. The van der Waals surface area contributed by atoms with Crippen LogP contribution in [-0.4, -0.2) is 57.4 Å². The van der Waals surface area contributed by atoms with Crippen LogP contribution in [0.1, 0.15) is 0 Å². The van der Waals surface area contributed by atoms with Crippen LogP contribution in [0.4, 0.5) is 0 Å². The second-order valence-electron chi connectivity index (χ2n) is 4.79. The number of halogens is 1. The Hall–Kier alpha value is -1.16. The maximum Gasteiger partial charge on any atom is 0.352 e. The van der Waals surface area contributed by atoms with Gasteiger partial charge in [0.25, 0.3) is 0 Å². The number of hydrogen-bond acceptors (Lipinski definition) is 7. The van der Waals surface area contributed by atoms with Crippen molar-refractivity contribution >= 4 is 53.0 Å². The number of ether oxygens (including phenoxy) is 1. The quantitative estimate of drug-likeness (QED) is 0.543. The van der Waals surface area contributed by atoms with Crippen molar-refractivity contribution in [3.8, 4) is 0 Å². The number of carboxylic acids is 1. The van der Waals surface area contributed by atoms with E-state index in [1.54, 1.807) is 0 Å². The summed E-state index contributed by atoms with van der Waals surface area (Å²) in [5, 5.41) is 9.11. The summed E-state index contributed by atoms with van der Waals surface area (Å²) in [6, 6.07) is -0.647. The largest absolute Gasteiger partial charge is 0.477 e. The number of fused-ring (bicyclic) bond motifs is 1. The van der Waals surface area contributed by atoms with Crippen LogP contribution in [0.15, 0.2) is 21.2 Å². The first-order chi connectivity index (χ1) is 10.4. The SMILES string of the molecule is N[C@@H]1C(=O)N2C(C(=O)O)=C(CSC3=C(Cl)C(=O)OC3)CS[C@@H]12. The Kier molecular flexibility index (Phi) is 4.15. The summed E-state index contributed by atoms with van der Waals surface area (Å²) in [5.41, 5.74) is 6.28. The third-order valence-electron chi connectivity index (χ3n) is 3.47. The van der Waals surface area contributed by atoms with Crippen molar-refractivity contribution in [3.05, 3.63) is 21.2 Å². The predicted molar refractivity (Wildman–Crippen MR) is 82.0 cm³/mol. The van der Waals surface area contributed by atoms with Gasteiger partial charge >= 0.3 is 11.9 Å². The number of rotatable bonds is 4. The molecule has 7 nitrogen and oxygen atoms in total. The van der Waals surface area contributed by atoms with Crippen molar-refractivity contribution in [3.63, 3.8) is 0 Å². The smallest absolute Gasteiger partial charge is 0.352 e. The number of hydrogen-bond donors (Lipinski definition) is 2. The van der Waals surface area contributed by atoms with Gasteiger partial charge in [-0.15, -0.1) is 23.5 Å².